The van der Waals surface area contributed by atoms with Crippen molar-refractivity contribution >= 4 is 6.03 Å². The van der Waals surface area contributed by atoms with E-state index in [9.17, 15) is 9.18 Å². The number of halogens is 1. The molecule has 0 saturated carbocycles. The van der Waals surface area contributed by atoms with Crippen LogP contribution in [0.2, 0.25) is 0 Å². The summed E-state index contributed by atoms with van der Waals surface area (Å²) in [7, 11) is 0. The molecule has 1 aliphatic heterocycles. The quantitative estimate of drug-likeness (QED) is 0.713. The van der Waals surface area contributed by atoms with E-state index in [0.29, 0.717) is 31.4 Å². The van der Waals surface area contributed by atoms with Gasteiger partial charge in [-0.15, -0.1) is 0 Å². The van der Waals surface area contributed by atoms with Gasteiger partial charge in [0.15, 0.2) is 5.82 Å². The molecule has 7 nitrogen and oxygen atoms in total. The number of hydrogen-bond acceptors (Lipinski definition) is 4. The summed E-state index contributed by atoms with van der Waals surface area (Å²) in [6.45, 7) is 1.78. The number of hydrogen-bond donors (Lipinski definition) is 2. The lowest BCUT2D eigenvalue weighted by Crippen LogP contribution is -2.38. The van der Waals surface area contributed by atoms with Gasteiger partial charge in [0.25, 0.3) is 0 Å². The molecule has 1 atom stereocenters. The normalized spacial score (nSPS) is 16.3. The highest BCUT2D eigenvalue weighted by molar-refractivity contribution is 5.74. The number of nitrogens with zero attached hydrogens (tertiary/aromatic N) is 4. The average molecular weight is 380 g/mol. The second kappa shape index (κ2) is 8.16. The largest absolute Gasteiger partial charge is 0.334 e. The standard InChI is InChI=1S/C20H21FN6O/c21-17-5-3-14(4-6-17)11-23-20(28)27-9-7-15(13-27)10-18-24-19(26-25-18)16-2-1-8-22-12-16/h1-6,8,12,15H,7,9-11,13H2,(H,23,28)(H,24,25,26). The molecule has 1 aromatic carbocycles. The first-order valence-corrected chi connectivity index (χ1v) is 9.26. The Labute approximate surface area is 162 Å². The number of rotatable bonds is 5. The number of pyridine rings is 1. The van der Waals surface area contributed by atoms with E-state index < -0.39 is 0 Å². The van der Waals surface area contributed by atoms with Crippen LogP contribution in [0.3, 0.4) is 0 Å². The van der Waals surface area contributed by atoms with Crippen LogP contribution >= 0.6 is 0 Å². The van der Waals surface area contributed by atoms with E-state index in [1.165, 1.54) is 12.1 Å². The van der Waals surface area contributed by atoms with Crippen LogP contribution in [-0.2, 0) is 13.0 Å². The van der Waals surface area contributed by atoms with E-state index in [4.69, 9.17) is 0 Å². The fraction of sp³-hybridized carbons (Fsp3) is 0.300. The van der Waals surface area contributed by atoms with Gasteiger partial charge in [-0.2, -0.15) is 5.10 Å². The Bertz CT molecular complexity index is 927. The van der Waals surface area contributed by atoms with Gasteiger partial charge in [-0.3, -0.25) is 10.1 Å². The van der Waals surface area contributed by atoms with Crippen molar-refractivity contribution in [1.82, 2.24) is 30.4 Å². The van der Waals surface area contributed by atoms with Crippen molar-refractivity contribution in [2.24, 2.45) is 5.92 Å². The summed E-state index contributed by atoms with van der Waals surface area (Å²) < 4.78 is 12.9. The molecule has 1 unspecified atom stereocenters. The molecule has 0 spiro atoms. The number of H-pyrrole nitrogens is 1. The molecule has 8 heteroatoms. The predicted octanol–water partition coefficient (Wildman–Crippen LogP) is 2.78. The highest BCUT2D eigenvalue weighted by atomic mass is 19.1. The average Bonchev–Trinajstić information content (AvgIpc) is 3.38. The van der Waals surface area contributed by atoms with Gasteiger partial charge in [-0.1, -0.05) is 12.1 Å². The van der Waals surface area contributed by atoms with Crippen molar-refractivity contribution in [3.63, 3.8) is 0 Å². The summed E-state index contributed by atoms with van der Waals surface area (Å²) in [4.78, 5) is 22.8. The van der Waals surface area contributed by atoms with Crippen molar-refractivity contribution < 1.29 is 9.18 Å². The maximum atomic E-state index is 12.9. The number of nitrogens with one attached hydrogen (secondary N) is 2. The van der Waals surface area contributed by atoms with Crippen LogP contribution in [-0.4, -0.2) is 44.2 Å². The third kappa shape index (κ3) is 4.33. The van der Waals surface area contributed by atoms with Crippen LogP contribution in [0.5, 0.6) is 0 Å². The highest BCUT2D eigenvalue weighted by Crippen LogP contribution is 2.21. The third-order valence-electron chi connectivity index (χ3n) is 4.86. The molecule has 28 heavy (non-hydrogen) atoms. The first kappa shape index (κ1) is 18.1. The van der Waals surface area contributed by atoms with Crippen LogP contribution in [0, 0.1) is 11.7 Å². The number of amides is 2. The molecule has 4 rings (SSSR count). The fourth-order valence-electron chi connectivity index (χ4n) is 3.36. The molecule has 2 aromatic heterocycles. The second-order valence-corrected chi connectivity index (χ2v) is 6.94. The van der Waals surface area contributed by atoms with Crippen molar-refractivity contribution in [3.05, 3.63) is 66.0 Å². The van der Waals surface area contributed by atoms with Crippen LogP contribution in [0.4, 0.5) is 9.18 Å². The Morgan fingerprint density at radius 2 is 2.14 bits per heavy atom. The maximum Gasteiger partial charge on any atom is 0.317 e. The Morgan fingerprint density at radius 3 is 2.93 bits per heavy atom. The molecular formula is C20H21FN6O. The van der Waals surface area contributed by atoms with Crippen LogP contribution < -0.4 is 5.32 Å². The Kier molecular flexibility index (Phi) is 5.27. The number of urea groups is 1. The monoisotopic (exact) mass is 380 g/mol. The fourth-order valence-corrected chi connectivity index (χ4v) is 3.36. The summed E-state index contributed by atoms with van der Waals surface area (Å²) in [6.07, 6.45) is 5.11. The van der Waals surface area contributed by atoms with Crippen LogP contribution in [0.1, 0.15) is 17.8 Å². The highest BCUT2D eigenvalue weighted by Gasteiger charge is 2.27. The number of benzene rings is 1. The zero-order valence-corrected chi connectivity index (χ0v) is 15.3. The zero-order valence-electron chi connectivity index (χ0n) is 15.3. The number of carbonyl (C=O) groups is 1. The number of aromatic nitrogens is 4. The van der Waals surface area contributed by atoms with Gasteiger partial charge >= 0.3 is 6.03 Å². The Hall–Kier alpha value is -3.29. The van der Waals surface area contributed by atoms with E-state index >= 15 is 0 Å². The molecule has 1 fully saturated rings. The molecule has 2 amide bonds. The summed E-state index contributed by atoms with van der Waals surface area (Å²) in [6, 6.07) is 9.81. The molecule has 0 bridgehead atoms. The summed E-state index contributed by atoms with van der Waals surface area (Å²) >= 11 is 0. The molecule has 1 aliphatic rings. The topological polar surface area (TPSA) is 86.8 Å². The van der Waals surface area contributed by atoms with E-state index in [-0.39, 0.29) is 11.8 Å². The van der Waals surface area contributed by atoms with E-state index in [2.05, 4.69) is 25.5 Å². The molecular weight excluding hydrogens is 359 g/mol. The van der Waals surface area contributed by atoms with E-state index in [0.717, 1.165) is 29.8 Å². The lowest BCUT2D eigenvalue weighted by Gasteiger charge is -2.17. The van der Waals surface area contributed by atoms with Crippen molar-refractivity contribution in [1.29, 1.82) is 0 Å². The predicted molar refractivity (Wildman–Crippen MR) is 102 cm³/mol. The Morgan fingerprint density at radius 1 is 1.29 bits per heavy atom. The van der Waals surface area contributed by atoms with Gasteiger partial charge in [-0.25, -0.2) is 14.2 Å². The van der Waals surface area contributed by atoms with Gasteiger partial charge in [0, 0.05) is 44.0 Å². The van der Waals surface area contributed by atoms with Gasteiger partial charge in [0.1, 0.15) is 11.6 Å². The first-order chi connectivity index (χ1) is 13.7. The minimum Gasteiger partial charge on any atom is -0.334 e. The number of carbonyl (C=O) groups excluding carboxylic acids is 1. The van der Waals surface area contributed by atoms with Gasteiger partial charge in [0.2, 0.25) is 0 Å². The number of likely N-dealkylation sites (tertiary alicyclic amines) is 1. The Balaban J connectivity index is 1.27. The lowest BCUT2D eigenvalue weighted by molar-refractivity contribution is 0.206. The van der Waals surface area contributed by atoms with Gasteiger partial charge in [-0.05, 0) is 42.2 Å². The molecule has 0 radical (unpaired) electrons. The van der Waals surface area contributed by atoms with E-state index in [1.807, 2.05) is 17.0 Å². The maximum absolute atomic E-state index is 12.9. The molecule has 1 saturated heterocycles. The van der Waals surface area contributed by atoms with Crippen molar-refractivity contribution in [2.75, 3.05) is 13.1 Å². The van der Waals surface area contributed by atoms with E-state index in [1.54, 1.807) is 24.5 Å². The lowest BCUT2D eigenvalue weighted by atomic mass is 10.1. The number of aromatic amines is 1. The molecule has 3 heterocycles. The second-order valence-electron chi connectivity index (χ2n) is 6.94. The smallest absolute Gasteiger partial charge is 0.317 e. The zero-order chi connectivity index (χ0) is 19.3. The van der Waals surface area contributed by atoms with Crippen molar-refractivity contribution in [3.8, 4) is 11.4 Å². The molecule has 144 valence electrons. The summed E-state index contributed by atoms with van der Waals surface area (Å²) in [5, 5.41) is 10.1. The minimum atomic E-state index is -0.281. The SMILES string of the molecule is O=C(NCc1ccc(F)cc1)N1CCC(Cc2nc(-c3cccnc3)n[nH]2)C1. The third-order valence-corrected chi connectivity index (χ3v) is 4.86. The van der Waals surface area contributed by atoms with Crippen molar-refractivity contribution in [2.45, 2.75) is 19.4 Å². The molecule has 3 aromatic rings. The molecule has 0 aliphatic carbocycles. The summed E-state index contributed by atoms with van der Waals surface area (Å²) in [5.41, 5.74) is 1.74. The summed E-state index contributed by atoms with van der Waals surface area (Å²) in [5.74, 6) is 1.51. The first-order valence-electron chi connectivity index (χ1n) is 9.26. The van der Waals surface area contributed by atoms with Gasteiger partial charge < -0.3 is 10.2 Å². The van der Waals surface area contributed by atoms with Gasteiger partial charge in [0.05, 0.1) is 0 Å². The molecule has 2 N–H and O–H groups in total. The minimum absolute atomic E-state index is 0.0968. The van der Waals surface area contributed by atoms with Crippen LogP contribution in [0.25, 0.3) is 11.4 Å². The van der Waals surface area contributed by atoms with Crippen LogP contribution in [0.15, 0.2) is 48.8 Å².